The molecule has 0 radical (unpaired) electrons. The summed E-state index contributed by atoms with van der Waals surface area (Å²) >= 11 is 0. The monoisotopic (exact) mass is 529 g/mol. The molecule has 204 valence electrons. The molecule has 0 saturated carbocycles. The van der Waals surface area contributed by atoms with Gasteiger partial charge in [-0.3, -0.25) is 9.79 Å². The lowest BCUT2D eigenvalue weighted by Crippen LogP contribution is -2.35. The van der Waals surface area contributed by atoms with Crippen LogP contribution in [0.4, 0.5) is 11.4 Å². The minimum absolute atomic E-state index is 0.0524. The number of carbonyl (C=O) groups excluding carboxylic acids is 1. The molecule has 0 spiro atoms. The van der Waals surface area contributed by atoms with E-state index in [-0.39, 0.29) is 11.9 Å². The van der Waals surface area contributed by atoms with Crippen molar-refractivity contribution in [3.63, 3.8) is 0 Å². The first-order valence-electron chi connectivity index (χ1n) is 13.3. The largest absolute Gasteiger partial charge is 0.496 e. The van der Waals surface area contributed by atoms with Crippen molar-refractivity contribution in [3.05, 3.63) is 64.7 Å². The molecule has 2 N–H and O–H groups in total. The van der Waals surface area contributed by atoms with Gasteiger partial charge in [-0.05, 0) is 74.6 Å². The van der Waals surface area contributed by atoms with Crippen LogP contribution in [0.5, 0.6) is 28.7 Å². The molecule has 0 aliphatic carbocycles. The second-order valence-corrected chi connectivity index (χ2v) is 10.0. The molecule has 0 aromatic heterocycles. The Morgan fingerprint density at radius 1 is 0.949 bits per heavy atom. The number of amides is 1. The Hall–Kier alpha value is -4.20. The third kappa shape index (κ3) is 5.65. The summed E-state index contributed by atoms with van der Waals surface area (Å²) in [6.45, 7) is 7.68. The Kier molecular flexibility index (Phi) is 7.63. The lowest BCUT2D eigenvalue weighted by atomic mass is 10.1. The van der Waals surface area contributed by atoms with Crippen LogP contribution in [0.2, 0.25) is 0 Å². The fourth-order valence-corrected chi connectivity index (χ4v) is 4.95. The number of fused-ring (bicyclic) bond motifs is 2. The van der Waals surface area contributed by atoms with E-state index in [1.54, 1.807) is 19.2 Å². The average Bonchev–Trinajstić information content (AvgIpc) is 3.35. The SMILES string of the molecule is COc1cc(Oc2cc(OCCCOc3cc4c(cc3C)C(=O)N3CCC[C@H]3C=N4)ccc2N)cc(C)c1C. The van der Waals surface area contributed by atoms with Crippen LogP contribution < -0.4 is 24.7 Å². The molecule has 2 heterocycles. The number of hydrogen-bond donors (Lipinski definition) is 1. The number of benzene rings is 3. The minimum atomic E-state index is 0.0524. The van der Waals surface area contributed by atoms with E-state index in [9.17, 15) is 4.79 Å². The Balaban J connectivity index is 1.17. The van der Waals surface area contributed by atoms with Crippen LogP contribution in [0.3, 0.4) is 0 Å². The van der Waals surface area contributed by atoms with Gasteiger partial charge in [-0.2, -0.15) is 0 Å². The summed E-state index contributed by atoms with van der Waals surface area (Å²) < 4.78 is 23.5. The summed E-state index contributed by atoms with van der Waals surface area (Å²) in [6.07, 6.45) is 4.55. The molecule has 3 aromatic carbocycles. The topological polar surface area (TPSA) is 95.6 Å². The number of carbonyl (C=O) groups is 1. The van der Waals surface area contributed by atoms with Crippen molar-refractivity contribution in [1.82, 2.24) is 4.90 Å². The van der Waals surface area contributed by atoms with Crippen molar-refractivity contribution in [3.8, 4) is 28.7 Å². The smallest absolute Gasteiger partial charge is 0.256 e. The van der Waals surface area contributed by atoms with Gasteiger partial charge in [-0.25, -0.2) is 0 Å². The van der Waals surface area contributed by atoms with E-state index in [0.717, 1.165) is 47.6 Å². The van der Waals surface area contributed by atoms with E-state index < -0.39 is 0 Å². The fourth-order valence-electron chi connectivity index (χ4n) is 4.95. The highest BCUT2D eigenvalue weighted by Crippen LogP contribution is 2.36. The van der Waals surface area contributed by atoms with Crippen LogP contribution in [0.1, 0.15) is 46.3 Å². The van der Waals surface area contributed by atoms with Crippen LogP contribution in [0.15, 0.2) is 47.5 Å². The van der Waals surface area contributed by atoms with Gasteiger partial charge in [0.2, 0.25) is 0 Å². The quantitative estimate of drug-likeness (QED) is 0.263. The molecule has 8 heteroatoms. The van der Waals surface area contributed by atoms with Gasteiger partial charge in [0.05, 0.1) is 43.3 Å². The minimum Gasteiger partial charge on any atom is -0.496 e. The molecular weight excluding hydrogens is 494 g/mol. The summed E-state index contributed by atoms with van der Waals surface area (Å²) in [5.41, 5.74) is 11.0. The van der Waals surface area contributed by atoms with Crippen LogP contribution in [0.25, 0.3) is 0 Å². The second-order valence-electron chi connectivity index (χ2n) is 10.0. The number of methoxy groups -OCH3 is 1. The molecular formula is C31H35N3O5. The van der Waals surface area contributed by atoms with E-state index >= 15 is 0 Å². The first kappa shape index (κ1) is 26.4. The molecule has 8 nitrogen and oxygen atoms in total. The molecule has 1 saturated heterocycles. The highest BCUT2D eigenvalue weighted by molar-refractivity contribution is 6.03. The standard InChI is InChI=1S/C31H35N3O5/c1-19-13-24(16-29(36-4)21(19)3)39-30-15-23(8-9-26(30)32)37-11-6-12-38-28-17-27-25(14-20(28)2)31(35)34-10-5-7-22(34)18-33-27/h8-9,13-18,22H,5-7,10-12,32H2,1-4H3/t22-/m0/s1. The summed E-state index contributed by atoms with van der Waals surface area (Å²) in [7, 11) is 1.64. The molecule has 0 unspecified atom stereocenters. The van der Waals surface area contributed by atoms with Crippen LogP contribution in [-0.4, -0.2) is 49.9 Å². The first-order chi connectivity index (χ1) is 18.8. The fraction of sp³-hybridized carbons (Fsp3) is 0.355. The lowest BCUT2D eigenvalue weighted by Gasteiger charge is -2.20. The highest BCUT2D eigenvalue weighted by atomic mass is 16.5. The summed E-state index contributed by atoms with van der Waals surface area (Å²) in [5.74, 6) is 3.37. The van der Waals surface area contributed by atoms with E-state index in [4.69, 9.17) is 24.7 Å². The molecule has 2 aliphatic rings. The van der Waals surface area contributed by atoms with Gasteiger partial charge in [0.25, 0.3) is 5.91 Å². The van der Waals surface area contributed by atoms with E-state index in [1.165, 1.54) is 0 Å². The van der Waals surface area contributed by atoms with Gasteiger partial charge in [0.15, 0.2) is 5.75 Å². The average molecular weight is 530 g/mol. The van der Waals surface area contributed by atoms with Crippen molar-refractivity contribution in [1.29, 1.82) is 0 Å². The van der Waals surface area contributed by atoms with E-state index in [2.05, 4.69) is 4.99 Å². The molecule has 2 aliphatic heterocycles. The number of nitrogens with zero attached hydrogens (tertiary/aromatic N) is 2. The maximum atomic E-state index is 13.0. The maximum absolute atomic E-state index is 13.0. The zero-order chi connectivity index (χ0) is 27.5. The Bertz CT molecular complexity index is 1420. The Morgan fingerprint density at radius 3 is 2.56 bits per heavy atom. The third-order valence-electron chi connectivity index (χ3n) is 7.31. The van der Waals surface area contributed by atoms with Gasteiger partial charge in [0.1, 0.15) is 23.0 Å². The van der Waals surface area contributed by atoms with Crippen molar-refractivity contribution >= 4 is 23.5 Å². The molecule has 0 bridgehead atoms. The number of aliphatic imine (C=N–C) groups is 1. The number of ether oxygens (including phenoxy) is 4. The maximum Gasteiger partial charge on any atom is 0.256 e. The molecule has 1 fully saturated rings. The number of anilines is 1. The van der Waals surface area contributed by atoms with E-state index in [1.807, 2.05) is 62.2 Å². The van der Waals surface area contributed by atoms with E-state index in [0.29, 0.717) is 53.8 Å². The van der Waals surface area contributed by atoms with Gasteiger partial charge in [-0.15, -0.1) is 0 Å². The van der Waals surface area contributed by atoms with Gasteiger partial charge < -0.3 is 29.6 Å². The third-order valence-corrected chi connectivity index (χ3v) is 7.31. The van der Waals surface area contributed by atoms with Crippen LogP contribution >= 0.6 is 0 Å². The number of nitrogens with two attached hydrogens (primary N) is 1. The zero-order valence-corrected chi connectivity index (χ0v) is 23.0. The predicted molar refractivity (Wildman–Crippen MR) is 152 cm³/mol. The summed E-state index contributed by atoms with van der Waals surface area (Å²) in [6, 6.07) is 13.0. The normalized spacial score (nSPS) is 15.9. The zero-order valence-electron chi connectivity index (χ0n) is 23.0. The summed E-state index contributed by atoms with van der Waals surface area (Å²) in [4.78, 5) is 19.5. The van der Waals surface area contributed by atoms with Crippen molar-refractivity contribution in [2.45, 2.75) is 46.1 Å². The highest BCUT2D eigenvalue weighted by Gasteiger charge is 2.32. The van der Waals surface area contributed by atoms with Gasteiger partial charge in [0, 0.05) is 37.4 Å². The number of hydrogen-bond acceptors (Lipinski definition) is 7. The molecule has 1 amide bonds. The molecule has 3 aromatic rings. The van der Waals surface area contributed by atoms with Crippen molar-refractivity contribution < 1.29 is 23.7 Å². The Morgan fingerprint density at radius 2 is 1.74 bits per heavy atom. The molecule has 1 atom stereocenters. The van der Waals surface area contributed by atoms with Crippen molar-refractivity contribution in [2.24, 2.45) is 4.99 Å². The predicted octanol–water partition coefficient (Wildman–Crippen LogP) is 6.16. The first-order valence-corrected chi connectivity index (χ1v) is 13.3. The van der Waals surface area contributed by atoms with Crippen LogP contribution in [-0.2, 0) is 0 Å². The second kappa shape index (κ2) is 11.3. The van der Waals surface area contributed by atoms with Gasteiger partial charge >= 0.3 is 0 Å². The lowest BCUT2D eigenvalue weighted by molar-refractivity contribution is 0.0774. The molecule has 5 rings (SSSR count). The van der Waals surface area contributed by atoms with Crippen LogP contribution in [0, 0.1) is 20.8 Å². The number of nitrogen functional groups attached to an aromatic ring is 1. The molecule has 39 heavy (non-hydrogen) atoms. The van der Waals surface area contributed by atoms with Gasteiger partial charge in [-0.1, -0.05) is 0 Å². The van der Waals surface area contributed by atoms with Crippen molar-refractivity contribution in [2.75, 3.05) is 32.6 Å². The number of aryl methyl sites for hydroxylation is 2. The number of rotatable bonds is 9. The Labute approximate surface area is 229 Å². The summed E-state index contributed by atoms with van der Waals surface area (Å²) in [5, 5.41) is 0.